The fourth-order valence-electron chi connectivity index (χ4n) is 3.96. The molecule has 7 heteroatoms. The van der Waals surface area contributed by atoms with Gasteiger partial charge in [0, 0.05) is 28.9 Å². The van der Waals surface area contributed by atoms with Gasteiger partial charge in [-0.1, -0.05) is 48.4 Å². The van der Waals surface area contributed by atoms with Gasteiger partial charge in [-0.05, 0) is 25.1 Å². The molecule has 0 aliphatic rings. The Morgan fingerprint density at radius 3 is 2.76 bits per heavy atom. The van der Waals surface area contributed by atoms with Crippen LogP contribution in [-0.2, 0) is 0 Å². The Kier molecular flexibility index (Phi) is 4.96. The van der Waals surface area contributed by atoms with Crippen LogP contribution < -0.4 is 11.1 Å². The van der Waals surface area contributed by atoms with Crippen LogP contribution in [0.3, 0.4) is 0 Å². The molecule has 3 heterocycles. The van der Waals surface area contributed by atoms with Gasteiger partial charge in [0.25, 0.3) is 5.91 Å². The van der Waals surface area contributed by atoms with Crippen LogP contribution in [0.15, 0.2) is 73.1 Å². The summed E-state index contributed by atoms with van der Waals surface area (Å²) < 4.78 is 1.49. The summed E-state index contributed by atoms with van der Waals surface area (Å²) >= 11 is 0. The number of anilines is 1. The molecule has 0 radical (unpaired) electrons. The van der Waals surface area contributed by atoms with Crippen molar-refractivity contribution in [2.45, 2.75) is 13.0 Å². The summed E-state index contributed by atoms with van der Waals surface area (Å²) in [6, 6.07) is 18.9. The first-order valence-electron chi connectivity index (χ1n) is 10.4. The predicted molar refractivity (Wildman–Crippen MR) is 128 cm³/mol. The van der Waals surface area contributed by atoms with Crippen molar-refractivity contribution >= 4 is 28.3 Å². The van der Waals surface area contributed by atoms with Gasteiger partial charge in [0.05, 0.1) is 22.8 Å². The van der Waals surface area contributed by atoms with Crippen molar-refractivity contribution in [2.75, 3.05) is 5.73 Å². The second-order valence-corrected chi connectivity index (χ2v) is 7.66. The zero-order valence-electron chi connectivity index (χ0n) is 17.9. The molecule has 3 aromatic heterocycles. The van der Waals surface area contributed by atoms with Crippen molar-refractivity contribution < 1.29 is 4.79 Å². The minimum atomic E-state index is -0.378. The van der Waals surface area contributed by atoms with Gasteiger partial charge in [-0.15, -0.1) is 11.5 Å². The highest BCUT2D eigenvalue weighted by Gasteiger charge is 2.23. The molecule has 33 heavy (non-hydrogen) atoms. The number of hydrogen-bond acceptors (Lipinski definition) is 5. The molecule has 160 valence electrons. The normalized spacial score (nSPS) is 11.9. The fourth-order valence-corrected chi connectivity index (χ4v) is 3.96. The van der Waals surface area contributed by atoms with Gasteiger partial charge < -0.3 is 11.1 Å². The topological polar surface area (TPSA) is 98.2 Å². The van der Waals surface area contributed by atoms with Crippen molar-refractivity contribution in [3.63, 3.8) is 0 Å². The van der Waals surface area contributed by atoms with Crippen molar-refractivity contribution in [2.24, 2.45) is 0 Å². The molecular weight excluding hydrogens is 412 g/mol. The zero-order chi connectivity index (χ0) is 22.9. The second-order valence-electron chi connectivity index (χ2n) is 7.66. The zero-order valence-corrected chi connectivity index (χ0v) is 17.9. The molecule has 0 fully saturated rings. The predicted octanol–water partition coefficient (Wildman–Crippen LogP) is 4.00. The van der Waals surface area contributed by atoms with Gasteiger partial charge in [-0.25, -0.2) is 14.5 Å². The van der Waals surface area contributed by atoms with E-state index in [2.05, 4.69) is 21.3 Å². The number of nitrogens with zero attached hydrogens (tertiary/aromatic N) is 4. The molecule has 7 nitrogen and oxygen atoms in total. The van der Waals surface area contributed by atoms with Gasteiger partial charge >= 0.3 is 0 Å². The number of carbonyl (C=O) groups excluding carboxylic acids is 1. The van der Waals surface area contributed by atoms with Gasteiger partial charge in [0.2, 0.25) is 0 Å². The fraction of sp³-hybridized carbons (Fsp3) is 0.0769. The monoisotopic (exact) mass is 432 g/mol. The first kappa shape index (κ1) is 20.2. The molecule has 1 atom stereocenters. The number of para-hydroxylation sites is 1. The van der Waals surface area contributed by atoms with Crippen LogP contribution in [0.1, 0.15) is 34.5 Å². The number of nitrogens with two attached hydrogens (primary N) is 1. The minimum absolute atomic E-state index is 0.122. The summed E-state index contributed by atoms with van der Waals surface area (Å²) in [5.41, 5.74) is 10.7. The molecular formula is C26H20N6O. The van der Waals surface area contributed by atoms with Crippen molar-refractivity contribution in [1.82, 2.24) is 24.9 Å². The number of nitrogen functional groups attached to an aromatic ring is 1. The summed E-state index contributed by atoms with van der Waals surface area (Å²) in [4.78, 5) is 22.4. The number of rotatable bonds is 4. The van der Waals surface area contributed by atoms with E-state index in [0.29, 0.717) is 5.65 Å². The van der Waals surface area contributed by atoms with Crippen LogP contribution in [0, 0.1) is 12.3 Å². The van der Waals surface area contributed by atoms with Gasteiger partial charge in [-0.2, -0.15) is 0 Å². The SMILES string of the molecule is C#Cc1cccc2cc(C(C)NC(=O)c3c(N)nn4cccnc34)c(-c3ccccc3)nc12. The van der Waals surface area contributed by atoms with Gasteiger partial charge in [-0.3, -0.25) is 4.79 Å². The number of hydrogen-bond donors (Lipinski definition) is 2. The number of benzene rings is 2. The van der Waals surface area contributed by atoms with Crippen LogP contribution in [0.5, 0.6) is 0 Å². The van der Waals surface area contributed by atoms with E-state index < -0.39 is 0 Å². The Morgan fingerprint density at radius 1 is 1.15 bits per heavy atom. The van der Waals surface area contributed by atoms with E-state index in [1.807, 2.05) is 61.5 Å². The smallest absolute Gasteiger partial charge is 0.259 e. The van der Waals surface area contributed by atoms with Crippen LogP contribution in [0.4, 0.5) is 5.82 Å². The summed E-state index contributed by atoms with van der Waals surface area (Å²) in [5, 5.41) is 8.12. The average Bonchev–Trinajstić information content (AvgIpc) is 3.19. The van der Waals surface area contributed by atoms with E-state index in [4.69, 9.17) is 17.1 Å². The Bertz CT molecular complexity index is 1550. The van der Waals surface area contributed by atoms with E-state index in [9.17, 15) is 4.79 Å². The Balaban J connectivity index is 1.60. The van der Waals surface area contributed by atoms with Gasteiger partial charge in [0.15, 0.2) is 11.5 Å². The van der Waals surface area contributed by atoms with Crippen LogP contribution in [0.2, 0.25) is 0 Å². The number of amides is 1. The molecule has 0 aliphatic carbocycles. The quantitative estimate of drug-likeness (QED) is 0.418. The summed E-state index contributed by atoms with van der Waals surface area (Å²) in [6.45, 7) is 1.91. The maximum absolute atomic E-state index is 13.2. The third kappa shape index (κ3) is 3.54. The largest absolute Gasteiger partial charge is 0.381 e. The highest BCUT2D eigenvalue weighted by atomic mass is 16.1. The highest BCUT2D eigenvalue weighted by Crippen LogP contribution is 2.31. The third-order valence-electron chi connectivity index (χ3n) is 5.54. The number of fused-ring (bicyclic) bond motifs is 2. The maximum Gasteiger partial charge on any atom is 0.259 e. The molecule has 1 amide bonds. The standard InChI is InChI=1S/C26H20N6O/c1-3-17-11-7-12-19-15-20(23(30-22(17)19)18-9-5-4-6-10-18)16(2)29-26(33)21-24(27)31-32-14-8-13-28-25(21)32/h1,4-16H,2H3,(H2,27,31)(H,29,33). The van der Waals surface area contributed by atoms with Crippen molar-refractivity contribution in [3.8, 4) is 23.6 Å². The Morgan fingerprint density at radius 2 is 1.97 bits per heavy atom. The van der Waals surface area contributed by atoms with Crippen LogP contribution in [0.25, 0.3) is 27.8 Å². The van der Waals surface area contributed by atoms with E-state index in [-0.39, 0.29) is 23.3 Å². The molecule has 0 spiro atoms. The molecule has 2 aromatic carbocycles. The second kappa shape index (κ2) is 8.09. The number of terminal acetylenes is 1. The number of nitrogens with one attached hydrogen (secondary N) is 1. The first-order chi connectivity index (χ1) is 16.1. The van der Waals surface area contributed by atoms with Crippen LogP contribution >= 0.6 is 0 Å². The lowest BCUT2D eigenvalue weighted by Gasteiger charge is -2.19. The minimum Gasteiger partial charge on any atom is -0.381 e. The highest BCUT2D eigenvalue weighted by molar-refractivity contribution is 6.04. The van der Waals surface area contributed by atoms with E-state index in [1.54, 1.807) is 18.5 Å². The number of aromatic nitrogens is 4. The summed E-state index contributed by atoms with van der Waals surface area (Å²) in [5.74, 6) is 2.47. The first-order valence-corrected chi connectivity index (χ1v) is 10.4. The molecule has 5 rings (SSSR count). The molecule has 5 aromatic rings. The molecule has 0 bridgehead atoms. The van der Waals surface area contributed by atoms with Crippen LogP contribution in [-0.4, -0.2) is 25.5 Å². The van der Waals surface area contributed by atoms with Gasteiger partial charge in [0.1, 0.15) is 5.56 Å². The molecule has 0 saturated carbocycles. The average molecular weight is 432 g/mol. The molecule has 0 aliphatic heterocycles. The molecule has 1 unspecified atom stereocenters. The summed E-state index contributed by atoms with van der Waals surface area (Å²) in [6.07, 6.45) is 9.00. The maximum atomic E-state index is 13.2. The number of carbonyl (C=O) groups is 1. The van der Waals surface area contributed by atoms with E-state index >= 15 is 0 Å². The lowest BCUT2D eigenvalue weighted by atomic mass is 9.97. The third-order valence-corrected chi connectivity index (χ3v) is 5.54. The Hall–Kier alpha value is -4.70. The molecule has 0 saturated heterocycles. The molecule has 3 N–H and O–H groups in total. The van der Waals surface area contributed by atoms with Crippen molar-refractivity contribution in [1.29, 1.82) is 0 Å². The lowest BCUT2D eigenvalue weighted by molar-refractivity contribution is 0.0942. The lowest BCUT2D eigenvalue weighted by Crippen LogP contribution is -2.28. The van der Waals surface area contributed by atoms with E-state index in [1.165, 1.54) is 4.52 Å². The van der Waals surface area contributed by atoms with Crippen molar-refractivity contribution in [3.05, 3.63) is 89.7 Å². The summed E-state index contributed by atoms with van der Waals surface area (Å²) in [7, 11) is 0. The Labute approximate surface area is 190 Å². The van der Waals surface area contributed by atoms with E-state index in [0.717, 1.165) is 33.3 Å². The number of pyridine rings is 1.